The number of hydrogen-bond donors (Lipinski definition) is 1. The van der Waals surface area contributed by atoms with Gasteiger partial charge in [-0.3, -0.25) is 9.67 Å². The van der Waals surface area contributed by atoms with Gasteiger partial charge in [-0.25, -0.2) is 4.39 Å². The summed E-state index contributed by atoms with van der Waals surface area (Å²) in [6.45, 7) is 4.17. The summed E-state index contributed by atoms with van der Waals surface area (Å²) in [6, 6.07) is 6.70. The first-order valence-electron chi connectivity index (χ1n) is 9.89. The van der Waals surface area contributed by atoms with Gasteiger partial charge < -0.3 is 19.9 Å². The summed E-state index contributed by atoms with van der Waals surface area (Å²) in [4.78, 5) is 8.87. The molecule has 0 amide bonds. The predicted octanol–water partition coefficient (Wildman–Crippen LogP) is 2.82. The van der Waals surface area contributed by atoms with Crippen LogP contribution in [-0.4, -0.2) is 72.4 Å². The molecule has 0 aliphatic carbocycles. The molecule has 7 nitrogen and oxygen atoms in total. The molecule has 1 aromatic heterocycles. The van der Waals surface area contributed by atoms with Gasteiger partial charge in [0.25, 0.3) is 0 Å². The van der Waals surface area contributed by atoms with Crippen molar-refractivity contribution in [1.82, 2.24) is 24.9 Å². The summed E-state index contributed by atoms with van der Waals surface area (Å²) in [5.41, 5.74) is 2.12. The van der Waals surface area contributed by atoms with E-state index in [0.717, 1.165) is 23.6 Å². The topological polar surface area (TPSA) is 57.9 Å². The highest BCUT2D eigenvalue weighted by Crippen LogP contribution is 2.25. The van der Waals surface area contributed by atoms with Crippen molar-refractivity contribution >= 4 is 29.9 Å². The monoisotopic (exact) mass is 530 g/mol. The molecule has 3 unspecified atom stereocenters. The number of aliphatic imine (C=N–C) groups is 1. The van der Waals surface area contributed by atoms with Crippen LogP contribution in [0.1, 0.15) is 30.2 Å². The summed E-state index contributed by atoms with van der Waals surface area (Å²) < 4.78 is 21.2. The van der Waals surface area contributed by atoms with E-state index in [9.17, 15) is 4.39 Å². The van der Waals surface area contributed by atoms with E-state index in [4.69, 9.17) is 4.74 Å². The number of morpholine rings is 1. The Hall–Kier alpha value is -1.72. The Morgan fingerprint density at radius 3 is 2.60 bits per heavy atom. The Bertz CT molecular complexity index is 825. The highest BCUT2D eigenvalue weighted by molar-refractivity contribution is 14.0. The average molecular weight is 530 g/mol. The van der Waals surface area contributed by atoms with E-state index in [0.29, 0.717) is 13.1 Å². The minimum Gasteiger partial charge on any atom is -0.367 e. The van der Waals surface area contributed by atoms with E-state index in [2.05, 4.69) is 39.3 Å². The molecule has 1 N–H and O–H groups in total. The third-order valence-corrected chi connectivity index (χ3v) is 5.20. The number of aromatic nitrogens is 2. The third-order valence-electron chi connectivity index (χ3n) is 5.20. The molecule has 1 aromatic carbocycles. The van der Waals surface area contributed by atoms with E-state index >= 15 is 0 Å². The number of benzene rings is 1. The number of nitrogens with one attached hydrogen (secondary N) is 1. The second-order valence-corrected chi connectivity index (χ2v) is 7.75. The van der Waals surface area contributed by atoms with Crippen LogP contribution in [0.3, 0.4) is 0 Å². The molecule has 30 heavy (non-hydrogen) atoms. The van der Waals surface area contributed by atoms with Crippen molar-refractivity contribution in [1.29, 1.82) is 0 Å². The lowest BCUT2D eigenvalue weighted by Gasteiger charge is -2.39. The summed E-state index contributed by atoms with van der Waals surface area (Å²) in [7, 11) is 7.84. The first kappa shape index (κ1) is 24.5. The Kier molecular flexibility index (Phi) is 9.05. The summed E-state index contributed by atoms with van der Waals surface area (Å²) in [6.07, 6.45) is 3.86. The van der Waals surface area contributed by atoms with Crippen molar-refractivity contribution in [2.75, 3.05) is 40.8 Å². The lowest BCUT2D eigenvalue weighted by molar-refractivity contribution is -0.0605. The number of likely N-dealkylation sites (N-methyl/N-ethyl adjacent to an activating group) is 1. The van der Waals surface area contributed by atoms with Crippen molar-refractivity contribution in [2.45, 2.75) is 25.2 Å². The first-order chi connectivity index (χ1) is 13.9. The minimum atomic E-state index is -0.239. The second-order valence-electron chi connectivity index (χ2n) is 7.75. The van der Waals surface area contributed by atoms with Crippen LogP contribution in [-0.2, 0) is 11.8 Å². The lowest BCUT2D eigenvalue weighted by Crippen LogP contribution is -2.51. The fraction of sp³-hybridized carbons (Fsp3) is 0.524. The normalized spacial score (nSPS) is 20.8. The SMILES string of the molecule is CN=C(NCC(c1cnn(C)c1)N(C)C)N1CC(C)OC(c2ccc(F)cc2)C1.I. The number of hydrogen-bond acceptors (Lipinski definition) is 4. The molecule has 0 radical (unpaired) electrons. The van der Waals surface area contributed by atoms with Crippen molar-refractivity contribution in [2.24, 2.45) is 12.0 Å². The van der Waals surface area contributed by atoms with Gasteiger partial charge in [-0.05, 0) is 38.7 Å². The van der Waals surface area contributed by atoms with Crippen LogP contribution in [0.5, 0.6) is 0 Å². The fourth-order valence-electron chi connectivity index (χ4n) is 3.72. The molecule has 1 aliphatic heterocycles. The zero-order valence-electron chi connectivity index (χ0n) is 18.2. The number of halogens is 2. The van der Waals surface area contributed by atoms with Crippen LogP contribution < -0.4 is 5.32 Å². The minimum absolute atomic E-state index is 0. The van der Waals surface area contributed by atoms with Crippen LogP contribution in [0.15, 0.2) is 41.7 Å². The molecule has 0 bridgehead atoms. The molecule has 2 heterocycles. The number of rotatable bonds is 5. The van der Waals surface area contributed by atoms with Gasteiger partial charge in [0.1, 0.15) is 11.9 Å². The van der Waals surface area contributed by atoms with Crippen molar-refractivity contribution in [3.63, 3.8) is 0 Å². The van der Waals surface area contributed by atoms with Gasteiger partial charge in [0.15, 0.2) is 5.96 Å². The van der Waals surface area contributed by atoms with Crippen molar-refractivity contribution < 1.29 is 9.13 Å². The Morgan fingerprint density at radius 2 is 2.03 bits per heavy atom. The molecule has 9 heteroatoms. The third kappa shape index (κ3) is 6.14. The van der Waals surface area contributed by atoms with Crippen LogP contribution in [0, 0.1) is 5.82 Å². The number of guanidine groups is 1. The quantitative estimate of drug-likeness (QED) is 0.366. The average Bonchev–Trinajstić information content (AvgIpc) is 3.11. The summed E-state index contributed by atoms with van der Waals surface area (Å²) >= 11 is 0. The molecule has 3 atom stereocenters. The highest BCUT2D eigenvalue weighted by Gasteiger charge is 2.29. The maximum absolute atomic E-state index is 13.3. The number of nitrogens with zero attached hydrogens (tertiary/aromatic N) is 5. The molecule has 3 rings (SSSR count). The molecule has 1 fully saturated rings. The van der Waals surface area contributed by atoms with Crippen molar-refractivity contribution in [3.8, 4) is 0 Å². The van der Waals surface area contributed by atoms with Crippen LogP contribution >= 0.6 is 24.0 Å². The van der Waals surface area contributed by atoms with Crippen LogP contribution in [0.2, 0.25) is 0 Å². The number of aryl methyl sites for hydroxylation is 1. The molecule has 1 aliphatic rings. The molecule has 0 spiro atoms. The van der Waals surface area contributed by atoms with Gasteiger partial charge >= 0.3 is 0 Å². The maximum atomic E-state index is 13.3. The fourth-order valence-corrected chi connectivity index (χ4v) is 3.72. The van der Waals surface area contributed by atoms with Crippen LogP contribution in [0.25, 0.3) is 0 Å². The van der Waals surface area contributed by atoms with Crippen molar-refractivity contribution in [3.05, 3.63) is 53.6 Å². The largest absolute Gasteiger partial charge is 0.367 e. The van der Waals surface area contributed by atoms with E-state index in [1.54, 1.807) is 19.2 Å². The van der Waals surface area contributed by atoms with Gasteiger partial charge in [0.05, 0.1) is 24.9 Å². The molecule has 166 valence electrons. The van der Waals surface area contributed by atoms with Gasteiger partial charge in [0, 0.05) is 38.9 Å². The van der Waals surface area contributed by atoms with E-state index in [-0.39, 0.29) is 48.0 Å². The number of ether oxygens (including phenoxy) is 1. The zero-order valence-corrected chi connectivity index (χ0v) is 20.6. The Morgan fingerprint density at radius 1 is 1.33 bits per heavy atom. The van der Waals surface area contributed by atoms with Crippen LogP contribution in [0.4, 0.5) is 4.39 Å². The summed E-state index contributed by atoms with van der Waals surface area (Å²) in [5.74, 6) is 0.597. The maximum Gasteiger partial charge on any atom is 0.193 e. The van der Waals surface area contributed by atoms with Gasteiger partial charge in [0.2, 0.25) is 0 Å². The zero-order chi connectivity index (χ0) is 21.0. The standard InChI is InChI=1S/C21H31FN6O.HI/c1-15-12-28(14-20(29-15)16-6-8-18(22)9-7-16)21(23-2)24-11-19(26(3)4)17-10-25-27(5)13-17;/h6-10,13,15,19-20H,11-12,14H2,1-5H3,(H,23,24);1H. The Labute approximate surface area is 195 Å². The molecular formula is C21H32FIN6O. The van der Waals surface area contributed by atoms with E-state index < -0.39 is 0 Å². The van der Waals surface area contributed by atoms with Gasteiger partial charge in [-0.2, -0.15) is 5.10 Å². The van der Waals surface area contributed by atoms with Gasteiger partial charge in [-0.15, -0.1) is 24.0 Å². The molecular weight excluding hydrogens is 498 g/mol. The molecule has 1 saturated heterocycles. The second kappa shape index (κ2) is 11.1. The Balaban J connectivity index is 0.00000320. The lowest BCUT2D eigenvalue weighted by atomic mass is 10.1. The smallest absolute Gasteiger partial charge is 0.193 e. The first-order valence-corrected chi connectivity index (χ1v) is 9.89. The van der Waals surface area contributed by atoms with E-state index in [1.165, 1.54) is 12.1 Å². The van der Waals surface area contributed by atoms with E-state index in [1.807, 2.05) is 31.0 Å². The summed E-state index contributed by atoms with van der Waals surface area (Å²) in [5, 5.41) is 7.81. The van der Waals surface area contributed by atoms with Gasteiger partial charge in [-0.1, -0.05) is 12.1 Å². The predicted molar refractivity (Wildman–Crippen MR) is 128 cm³/mol. The highest BCUT2D eigenvalue weighted by atomic mass is 127. The molecule has 2 aromatic rings. The molecule has 0 saturated carbocycles.